The van der Waals surface area contributed by atoms with Gasteiger partial charge in [-0.3, -0.25) is 10.8 Å². The van der Waals surface area contributed by atoms with E-state index in [1.165, 1.54) is 0 Å². The van der Waals surface area contributed by atoms with Crippen molar-refractivity contribution in [3.8, 4) is 22.9 Å². The summed E-state index contributed by atoms with van der Waals surface area (Å²) in [7, 11) is 1.57. The van der Waals surface area contributed by atoms with Crippen LogP contribution in [0.15, 0.2) is 53.6 Å². The number of nitriles is 1. The van der Waals surface area contributed by atoms with Gasteiger partial charge in [0.25, 0.3) is 0 Å². The second kappa shape index (κ2) is 6.90. The lowest BCUT2D eigenvalue weighted by molar-refractivity contribution is 0.415. The molecular formula is C16H15N5O. The van der Waals surface area contributed by atoms with Crippen molar-refractivity contribution in [1.29, 1.82) is 10.7 Å². The van der Waals surface area contributed by atoms with Gasteiger partial charge in [0.05, 0.1) is 12.8 Å². The molecule has 0 aliphatic heterocycles. The Labute approximate surface area is 128 Å². The molecule has 2 aromatic carbocycles. The van der Waals surface area contributed by atoms with Crippen molar-refractivity contribution in [2.24, 2.45) is 10.8 Å². The second-order valence-electron chi connectivity index (χ2n) is 4.38. The number of benzene rings is 2. The van der Waals surface area contributed by atoms with Gasteiger partial charge in [-0.05, 0) is 17.7 Å². The number of rotatable bonds is 5. The van der Waals surface area contributed by atoms with Crippen LogP contribution in [0.5, 0.6) is 5.75 Å². The Morgan fingerprint density at radius 3 is 2.59 bits per heavy atom. The summed E-state index contributed by atoms with van der Waals surface area (Å²) in [5.41, 5.74) is 10.4. The van der Waals surface area contributed by atoms with Crippen molar-refractivity contribution in [1.82, 2.24) is 0 Å². The maximum absolute atomic E-state index is 8.90. The van der Waals surface area contributed by atoms with Crippen LogP contribution < -0.4 is 15.9 Å². The van der Waals surface area contributed by atoms with Crippen molar-refractivity contribution in [3.05, 3.63) is 48.5 Å². The van der Waals surface area contributed by atoms with Crippen LogP contribution in [0.4, 0.5) is 5.69 Å². The Morgan fingerprint density at radius 2 is 2.00 bits per heavy atom. The average molecular weight is 293 g/mol. The molecule has 6 nitrogen and oxygen atoms in total. The molecule has 0 fully saturated rings. The summed E-state index contributed by atoms with van der Waals surface area (Å²) in [5.74, 6) is 0.262. The van der Waals surface area contributed by atoms with Crippen LogP contribution in [0.25, 0.3) is 11.1 Å². The van der Waals surface area contributed by atoms with E-state index < -0.39 is 0 Å². The maximum Gasteiger partial charge on any atom is 0.201 e. The standard InChI is InChI=1S/C16H15N5O/c1-22-12-7-8-13(11-5-3-2-4-6-11)14(9-12)20-21-15(10-17)16(18)19/h2-9,20H,1H3,(H3,18,19)/b21-15+. The molecule has 0 unspecified atom stereocenters. The number of amidine groups is 1. The first-order chi connectivity index (χ1) is 10.7. The molecule has 0 heterocycles. The minimum atomic E-state index is -0.390. The van der Waals surface area contributed by atoms with E-state index >= 15 is 0 Å². The number of methoxy groups -OCH3 is 1. The third-order valence-electron chi connectivity index (χ3n) is 2.96. The summed E-state index contributed by atoms with van der Waals surface area (Å²) < 4.78 is 5.21. The fourth-order valence-corrected chi connectivity index (χ4v) is 1.87. The first-order valence-corrected chi connectivity index (χ1v) is 6.47. The van der Waals surface area contributed by atoms with Gasteiger partial charge in [0.2, 0.25) is 5.71 Å². The van der Waals surface area contributed by atoms with Gasteiger partial charge in [-0.15, -0.1) is 0 Å². The number of hydrazone groups is 1. The number of ether oxygens (including phenoxy) is 1. The van der Waals surface area contributed by atoms with Gasteiger partial charge >= 0.3 is 0 Å². The van der Waals surface area contributed by atoms with Crippen molar-refractivity contribution in [2.75, 3.05) is 12.5 Å². The van der Waals surface area contributed by atoms with E-state index in [-0.39, 0.29) is 11.5 Å². The molecule has 4 N–H and O–H groups in total. The van der Waals surface area contributed by atoms with Crippen molar-refractivity contribution in [3.63, 3.8) is 0 Å². The van der Waals surface area contributed by atoms with Crippen LogP contribution in [0, 0.1) is 16.7 Å². The van der Waals surface area contributed by atoms with Crippen LogP contribution in [-0.4, -0.2) is 18.7 Å². The predicted molar refractivity (Wildman–Crippen MR) is 87.0 cm³/mol. The Kier molecular flexibility index (Phi) is 4.73. The Bertz CT molecular complexity index is 747. The smallest absolute Gasteiger partial charge is 0.201 e. The first kappa shape index (κ1) is 15.1. The van der Waals surface area contributed by atoms with Crippen molar-refractivity contribution < 1.29 is 4.74 Å². The van der Waals surface area contributed by atoms with E-state index in [0.29, 0.717) is 11.4 Å². The molecule has 0 aromatic heterocycles. The van der Waals surface area contributed by atoms with E-state index in [0.717, 1.165) is 11.1 Å². The average Bonchev–Trinajstić information content (AvgIpc) is 2.55. The monoisotopic (exact) mass is 293 g/mol. The van der Waals surface area contributed by atoms with E-state index in [1.807, 2.05) is 42.5 Å². The summed E-state index contributed by atoms with van der Waals surface area (Å²) in [6.45, 7) is 0. The summed E-state index contributed by atoms with van der Waals surface area (Å²) >= 11 is 0. The van der Waals surface area contributed by atoms with Crippen LogP contribution in [0.2, 0.25) is 0 Å². The van der Waals surface area contributed by atoms with Gasteiger partial charge in [0.15, 0.2) is 5.84 Å². The summed E-state index contributed by atoms with van der Waals surface area (Å²) in [6.07, 6.45) is 0. The highest BCUT2D eigenvalue weighted by Crippen LogP contribution is 2.31. The number of nitrogens with two attached hydrogens (primary N) is 1. The predicted octanol–water partition coefficient (Wildman–Crippen LogP) is 2.59. The minimum Gasteiger partial charge on any atom is -0.497 e. The van der Waals surface area contributed by atoms with E-state index in [9.17, 15) is 0 Å². The normalized spacial score (nSPS) is 10.6. The molecule has 0 radical (unpaired) electrons. The van der Waals surface area contributed by atoms with Gasteiger partial charge in [0, 0.05) is 11.6 Å². The van der Waals surface area contributed by atoms with Gasteiger partial charge < -0.3 is 10.5 Å². The number of hydrogen-bond acceptors (Lipinski definition) is 5. The largest absolute Gasteiger partial charge is 0.497 e. The van der Waals surface area contributed by atoms with E-state index in [2.05, 4.69) is 10.5 Å². The van der Waals surface area contributed by atoms with Crippen LogP contribution in [0.3, 0.4) is 0 Å². The van der Waals surface area contributed by atoms with Crippen LogP contribution in [0.1, 0.15) is 0 Å². The van der Waals surface area contributed by atoms with Gasteiger partial charge in [-0.2, -0.15) is 10.4 Å². The SMILES string of the molecule is COc1ccc(-c2ccccc2)c(N/N=C(\C#N)C(=N)N)c1. The molecular weight excluding hydrogens is 278 g/mol. The lowest BCUT2D eigenvalue weighted by Crippen LogP contribution is -2.21. The zero-order valence-corrected chi connectivity index (χ0v) is 12.0. The first-order valence-electron chi connectivity index (χ1n) is 6.47. The van der Waals surface area contributed by atoms with E-state index in [1.54, 1.807) is 19.2 Å². The minimum absolute atomic E-state index is 0.179. The lowest BCUT2D eigenvalue weighted by atomic mass is 10.0. The summed E-state index contributed by atoms with van der Waals surface area (Å²) in [6, 6.07) is 17.0. The highest BCUT2D eigenvalue weighted by Gasteiger charge is 2.08. The molecule has 0 bridgehead atoms. The van der Waals surface area contributed by atoms with Crippen LogP contribution in [-0.2, 0) is 0 Å². The molecule has 22 heavy (non-hydrogen) atoms. The Morgan fingerprint density at radius 1 is 1.27 bits per heavy atom. The molecule has 0 aliphatic rings. The number of nitrogens with zero attached hydrogens (tertiary/aromatic N) is 2. The molecule has 2 aromatic rings. The number of hydrogen-bond donors (Lipinski definition) is 3. The molecule has 0 saturated carbocycles. The molecule has 0 aliphatic carbocycles. The number of anilines is 1. The fourth-order valence-electron chi connectivity index (χ4n) is 1.87. The van der Waals surface area contributed by atoms with Gasteiger partial charge in [0.1, 0.15) is 11.8 Å². The molecule has 6 heteroatoms. The zero-order valence-electron chi connectivity index (χ0n) is 12.0. The third-order valence-corrected chi connectivity index (χ3v) is 2.96. The molecule has 0 saturated heterocycles. The Hall–Kier alpha value is -3.33. The highest BCUT2D eigenvalue weighted by molar-refractivity contribution is 6.45. The molecule has 0 amide bonds. The van der Waals surface area contributed by atoms with Gasteiger partial charge in [-0.1, -0.05) is 30.3 Å². The molecule has 0 atom stereocenters. The zero-order chi connectivity index (χ0) is 15.9. The van der Waals surface area contributed by atoms with Crippen LogP contribution >= 0.6 is 0 Å². The maximum atomic E-state index is 8.90. The topological polar surface area (TPSA) is 107 Å². The fraction of sp³-hybridized carbons (Fsp3) is 0.0625. The Balaban J connectivity index is 2.44. The molecule has 0 spiro atoms. The summed E-state index contributed by atoms with van der Waals surface area (Å²) in [5, 5.41) is 20.0. The second-order valence-corrected chi connectivity index (χ2v) is 4.38. The highest BCUT2D eigenvalue weighted by atomic mass is 16.5. The molecule has 110 valence electrons. The van der Waals surface area contributed by atoms with Crippen molar-refractivity contribution in [2.45, 2.75) is 0 Å². The van der Waals surface area contributed by atoms with Gasteiger partial charge in [-0.25, -0.2) is 0 Å². The van der Waals surface area contributed by atoms with E-state index in [4.69, 9.17) is 21.1 Å². The molecule has 2 rings (SSSR count). The lowest BCUT2D eigenvalue weighted by Gasteiger charge is -2.11. The summed E-state index contributed by atoms with van der Waals surface area (Å²) in [4.78, 5) is 0. The quantitative estimate of drug-likeness (QED) is 0.447. The van der Waals surface area contributed by atoms with Crippen molar-refractivity contribution >= 4 is 17.2 Å². The third kappa shape index (κ3) is 3.41. The number of nitrogens with one attached hydrogen (secondary N) is 2.